The molecule has 11 nitrogen and oxygen atoms in total. The van der Waals surface area contributed by atoms with Gasteiger partial charge in [-0.25, -0.2) is 9.59 Å². The zero-order chi connectivity index (χ0) is 37.3. The molecule has 0 aromatic heterocycles. The van der Waals surface area contributed by atoms with Crippen molar-refractivity contribution in [3.63, 3.8) is 0 Å². The lowest BCUT2D eigenvalue weighted by atomic mass is 9.90. The summed E-state index contributed by atoms with van der Waals surface area (Å²) in [6.07, 6.45) is -0.520. The van der Waals surface area contributed by atoms with Crippen LogP contribution in [-0.4, -0.2) is 105 Å². The molecule has 0 spiro atoms. The number of aromatic carboxylic acids is 1. The summed E-state index contributed by atoms with van der Waals surface area (Å²) in [5.41, 5.74) is 3.78. The molecule has 0 bridgehead atoms. The van der Waals surface area contributed by atoms with Gasteiger partial charge >= 0.3 is 12.0 Å². The fourth-order valence-corrected chi connectivity index (χ4v) is 6.62. The zero-order valence-corrected chi connectivity index (χ0v) is 30.5. The number of carboxylic acids is 1. The summed E-state index contributed by atoms with van der Waals surface area (Å²) in [5.74, 6) is -1.04. The summed E-state index contributed by atoms with van der Waals surface area (Å²) < 4.78 is 35.7. The van der Waals surface area contributed by atoms with Gasteiger partial charge in [0.2, 0.25) is 0 Å². The fourth-order valence-electron chi connectivity index (χ4n) is 6.62. The van der Waals surface area contributed by atoms with E-state index in [1.54, 1.807) is 32.4 Å². The number of hydrogen-bond donors (Lipinski definition) is 1. The van der Waals surface area contributed by atoms with Gasteiger partial charge in [0.15, 0.2) is 0 Å². The summed E-state index contributed by atoms with van der Waals surface area (Å²) in [5, 5.41) is 9.84. The quantitative estimate of drug-likeness (QED) is 0.0809. The molecule has 1 N–H and O–H groups in total. The van der Waals surface area contributed by atoms with E-state index < -0.39 is 30.3 Å². The van der Waals surface area contributed by atoms with E-state index in [0.29, 0.717) is 51.4 Å². The minimum atomic E-state index is -1.04. The molecule has 11 heteroatoms. The molecule has 4 atom stereocenters. The molecule has 1 heterocycles. The molecule has 53 heavy (non-hydrogen) atoms. The van der Waals surface area contributed by atoms with Gasteiger partial charge in [-0.1, -0.05) is 103 Å². The van der Waals surface area contributed by atoms with Crippen molar-refractivity contribution < 1.29 is 43.1 Å². The van der Waals surface area contributed by atoms with Crippen LogP contribution in [0.25, 0.3) is 0 Å². The summed E-state index contributed by atoms with van der Waals surface area (Å²) in [7, 11) is 3.22. The molecule has 282 valence electrons. The van der Waals surface area contributed by atoms with Gasteiger partial charge in [-0.15, -0.1) is 0 Å². The molecule has 4 aromatic carbocycles. The highest BCUT2D eigenvalue weighted by atomic mass is 16.7. The summed E-state index contributed by atoms with van der Waals surface area (Å²) in [4.78, 5) is 31.1. The zero-order valence-electron chi connectivity index (χ0n) is 30.5. The molecule has 1 aliphatic heterocycles. The number of benzene rings is 4. The van der Waals surface area contributed by atoms with Crippen LogP contribution in [0.1, 0.15) is 32.6 Å². The monoisotopic (exact) mass is 726 g/mol. The van der Waals surface area contributed by atoms with Gasteiger partial charge in [0.05, 0.1) is 44.1 Å². The van der Waals surface area contributed by atoms with Gasteiger partial charge in [0.1, 0.15) is 25.8 Å². The van der Waals surface area contributed by atoms with Gasteiger partial charge in [0.25, 0.3) is 0 Å². The summed E-state index contributed by atoms with van der Waals surface area (Å²) >= 11 is 0. The number of carbonyl (C=O) groups is 2. The van der Waals surface area contributed by atoms with E-state index in [0.717, 1.165) is 16.7 Å². The lowest BCUT2D eigenvalue weighted by molar-refractivity contribution is -0.192. The van der Waals surface area contributed by atoms with Crippen LogP contribution in [0.4, 0.5) is 4.79 Å². The molecule has 0 unspecified atom stereocenters. The largest absolute Gasteiger partial charge is 0.478 e. The number of rotatable bonds is 21. The van der Waals surface area contributed by atoms with Gasteiger partial charge in [0, 0.05) is 27.3 Å². The molecule has 1 saturated heterocycles. The van der Waals surface area contributed by atoms with E-state index in [-0.39, 0.29) is 31.7 Å². The third-order valence-electron chi connectivity index (χ3n) is 9.22. The Labute approximate surface area is 311 Å². The molecule has 4 aromatic rings. The van der Waals surface area contributed by atoms with Crippen LogP contribution in [0.2, 0.25) is 0 Å². The molecule has 0 saturated carbocycles. The van der Waals surface area contributed by atoms with E-state index in [4.69, 9.17) is 28.4 Å². The number of urea groups is 1. The fraction of sp³-hybridized carbons (Fsp3) is 0.381. The van der Waals surface area contributed by atoms with E-state index in [1.807, 2.05) is 107 Å². The number of carbonyl (C=O) groups excluding carboxylic acids is 1. The van der Waals surface area contributed by atoms with Crippen LogP contribution in [0.15, 0.2) is 115 Å². The predicted molar refractivity (Wildman–Crippen MR) is 199 cm³/mol. The van der Waals surface area contributed by atoms with Crippen molar-refractivity contribution in [2.24, 2.45) is 0 Å². The third kappa shape index (κ3) is 11.7. The molecule has 1 fully saturated rings. The van der Waals surface area contributed by atoms with E-state index >= 15 is 4.79 Å². The van der Waals surface area contributed by atoms with E-state index in [2.05, 4.69) is 0 Å². The second-order valence-electron chi connectivity index (χ2n) is 12.8. The summed E-state index contributed by atoms with van der Waals surface area (Å²) in [6.45, 7) is 1.71. The van der Waals surface area contributed by atoms with Crippen molar-refractivity contribution in [2.75, 3.05) is 54.2 Å². The molecular weight excluding hydrogens is 676 g/mol. The van der Waals surface area contributed by atoms with Gasteiger partial charge < -0.3 is 43.3 Å². The van der Waals surface area contributed by atoms with Crippen molar-refractivity contribution >= 4 is 12.0 Å². The Balaban J connectivity index is 1.67. The van der Waals surface area contributed by atoms with Gasteiger partial charge in [-0.2, -0.15) is 0 Å². The number of amides is 2. The Kier molecular flexibility index (Phi) is 15.8. The molecule has 2 amide bonds. The molecule has 5 rings (SSSR count). The van der Waals surface area contributed by atoms with Crippen LogP contribution >= 0.6 is 0 Å². The number of methoxy groups -OCH3 is 2. The van der Waals surface area contributed by atoms with Crippen molar-refractivity contribution in [3.05, 3.63) is 143 Å². The number of nitrogens with zero attached hydrogens (tertiary/aromatic N) is 2. The first kappa shape index (κ1) is 39.6. The molecule has 1 aliphatic rings. The molecule has 0 radical (unpaired) electrons. The third-order valence-corrected chi connectivity index (χ3v) is 9.22. The maximum Gasteiger partial charge on any atom is 0.335 e. The Bertz CT molecular complexity index is 1660. The highest BCUT2D eigenvalue weighted by molar-refractivity contribution is 5.87. The van der Waals surface area contributed by atoms with Crippen molar-refractivity contribution in [1.82, 2.24) is 9.80 Å². The second-order valence-corrected chi connectivity index (χ2v) is 12.8. The standard InChI is InChI=1S/C42H50N2O9/c1-48-21-23-50-30-52-39-37(26-32-13-6-3-7-14-32)43(28-34-17-10-5-11-18-34)42(47)44(29-35-19-12-20-36(25-35)41(45)46)38(27-33-15-8-4-9-16-33)40(39)53-31-51-24-22-49-2/h3-20,25,37-40H,21-24,26-31H2,1-2H3,(H,45,46)/t37-,38-,39+,40+/m1/s1. The maximum atomic E-state index is 15.4. The SMILES string of the molecule is COCCOCO[C@@H]1[C@@H](OCOCCOC)[C@@H](Cc2ccccc2)N(Cc2cccc(C(=O)O)c2)C(=O)N(Cc2ccccc2)[C@@H]1Cc1ccccc1. The first-order chi connectivity index (χ1) is 26.0. The Hall–Kier alpha value is -4.62. The van der Waals surface area contributed by atoms with Crippen molar-refractivity contribution in [3.8, 4) is 0 Å². The van der Waals surface area contributed by atoms with Crippen molar-refractivity contribution in [1.29, 1.82) is 0 Å². The average molecular weight is 727 g/mol. The number of hydrogen-bond acceptors (Lipinski definition) is 8. The lowest BCUT2D eigenvalue weighted by Crippen LogP contribution is -2.53. The highest BCUT2D eigenvalue weighted by Gasteiger charge is 2.49. The average Bonchev–Trinajstić information content (AvgIpc) is 3.25. The number of ether oxygens (including phenoxy) is 6. The minimum absolute atomic E-state index is 0.0597. The van der Waals surface area contributed by atoms with Crippen LogP contribution in [0.3, 0.4) is 0 Å². The maximum absolute atomic E-state index is 15.4. The van der Waals surface area contributed by atoms with E-state index in [9.17, 15) is 9.90 Å². The number of carboxylic acid groups (broad SMARTS) is 1. The molecular formula is C42H50N2O9. The van der Waals surface area contributed by atoms with E-state index in [1.165, 1.54) is 0 Å². The van der Waals surface area contributed by atoms with Crippen LogP contribution in [0, 0.1) is 0 Å². The smallest absolute Gasteiger partial charge is 0.335 e. The predicted octanol–water partition coefficient (Wildman–Crippen LogP) is 6.06. The lowest BCUT2D eigenvalue weighted by Gasteiger charge is -2.38. The minimum Gasteiger partial charge on any atom is -0.478 e. The highest BCUT2D eigenvalue weighted by Crippen LogP contribution is 2.33. The first-order valence-corrected chi connectivity index (χ1v) is 17.9. The summed E-state index contributed by atoms with van der Waals surface area (Å²) in [6, 6.07) is 35.2. The Morgan fingerprint density at radius 2 is 1.02 bits per heavy atom. The normalized spacial score (nSPS) is 18.9. The van der Waals surface area contributed by atoms with Gasteiger partial charge in [-0.05, 0) is 47.2 Å². The van der Waals surface area contributed by atoms with Crippen LogP contribution in [-0.2, 0) is 54.4 Å². The Morgan fingerprint density at radius 3 is 1.47 bits per heavy atom. The first-order valence-electron chi connectivity index (χ1n) is 17.9. The van der Waals surface area contributed by atoms with Crippen LogP contribution in [0.5, 0.6) is 0 Å². The topological polar surface area (TPSA) is 116 Å². The Morgan fingerprint density at radius 1 is 0.585 bits per heavy atom. The molecule has 0 aliphatic carbocycles. The van der Waals surface area contributed by atoms with Gasteiger partial charge in [-0.3, -0.25) is 0 Å². The van der Waals surface area contributed by atoms with Crippen molar-refractivity contribution in [2.45, 2.75) is 50.2 Å². The van der Waals surface area contributed by atoms with Crippen LogP contribution < -0.4 is 0 Å². The second kappa shape index (κ2) is 21.2.